The highest BCUT2D eigenvalue weighted by Gasteiger charge is 2.02. The van der Waals surface area contributed by atoms with Gasteiger partial charge in [-0.1, -0.05) is 12.1 Å². The van der Waals surface area contributed by atoms with Crippen molar-refractivity contribution in [2.75, 3.05) is 0 Å². The van der Waals surface area contributed by atoms with Crippen LogP contribution >= 0.6 is 0 Å². The highest BCUT2D eigenvalue weighted by Crippen LogP contribution is 2.10. The first kappa shape index (κ1) is 7.29. The van der Waals surface area contributed by atoms with Gasteiger partial charge in [-0.05, 0) is 12.1 Å². The topological polar surface area (TPSA) is 61.1 Å². The van der Waals surface area contributed by atoms with E-state index in [1.807, 2.05) is 0 Å². The molecule has 0 fully saturated rings. The number of Topliss-reactive ketones (excluding diaryl/α,β-unsaturated/α-hetero) is 1. The number of hydrogen-bond donors (Lipinski definition) is 1. The van der Waals surface area contributed by atoms with Gasteiger partial charge in [-0.15, -0.1) is 0 Å². The number of ketones is 1. The second-order valence-electron chi connectivity index (χ2n) is 1.99. The summed E-state index contributed by atoms with van der Waals surface area (Å²) in [6.45, 7) is 0. The first-order valence-electron chi connectivity index (χ1n) is 2.97. The quantitative estimate of drug-likeness (QED) is 0.478. The van der Waals surface area contributed by atoms with Crippen LogP contribution < -0.4 is 0 Å². The molecule has 1 N–H and O–H groups in total. The van der Waals surface area contributed by atoms with E-state index in [9.17, 15) is 4.79 Å². The van der Waals surface area contributed by atoms with Gasteiger partial charge in [-0.2, -0.15) is 5.26 Å². The Kier molecular flexibility index (Phi) is 1.88. The third-order valence-electron chi connectivity index (χ3n) is 1.21. The van der Waals surface area contributed by atoms with Crippen molar-refractivity contribution in [2.45, 2.75) is 0 Å². The number of rotatable bonds is 1. The van der Waals surface area contributed by atoms with Gasteiger partial charge in [-0.25, -0.2) is 0 Å². The molecule has 0 spiro atoms. The third-order valence-corrected chi connectivity index (χ3v) is 1.21. The number of phenolic OH excluding ortho intramolecular Hbond substituents is 1. The molecule has 0 aliphatic heterocycles. The van der Waals surface area contributed by atoms with Crippen molar-refractivity contribution >= 4 is 5.78 Å². The van der Waals surface area contributed by atoms with E-state index < -0.39 is 5.78 Å². The molecule has 0 aliphatic rings. The van der Waals surface area contributed by atoms with Gasteiger partial charge < -0.3 is 5.11 Å². The first-order chi connectivity index (χ1) is 5.24. The Balaban J connectivity index is 3.08. The Morgan fingerprint density at radius 3 is 2.82 bits per heavy atom. The van der Waals surface area contributed by atoms with Crippen molar-refractivity contribution in [1.82, 2.24) is 0 Å². The molecule has 0 radical (unpaired) electrons. The molecule has 0 amide bonds. The normalized spacial score (nSPS) is 8.64. The SMILES string of the molecule is N#CC(=O)c1cccc(O)c1. The summed E-state index contributed by atoms with van der Waals surface area (Å²) in [6, 6.07) is 7.14. The standard InChI is InChI=1S/C8H5NO2/c9-5-8(11)6-2-1-3-7(10)4-6/h1-4,10H. The van der Waals surface area contributed by atoms with E-state index >= 15 is 0 Å². The number of carbonyl (C=O) groups excluding carboxylic acids is 1. The fourth-order valence-electron chi connectivity index (χ4n) is 0.712. The molecule has 0 aromatic heterocycles. The van der Waals surface area contributed by atoms with E-state index in [-0.39, 0.29) is 11.3 Å². The second kappa shape index (κ2) is 2.84. The lowest BCUT2D eigenvalue weighted by Gasteiger charge is -1.92. The Morgan fingerprint density at radius 1 is 1.55 bits per heavy atom. The second-order valence-corrected chi connectivity index (χ2v) is 1.99. The lowest BCUT2D eigenvalue weighted by Crippen LogP contribution is -1.92. The summed E-state index contributed by atoms with van der Waals surface area (Å²) in [5, 5.41) is 17.1. The molecule has 11 heavy (non-hydrogen) atoms. The van der Waals surface area contributed by atoms with Crippen molar-refractivity contribution in [3.63, 3.8) is 0 Å². The van der Waals surface area contributed by atoms with Crippen LogP contribution in [-0.2, 0) is 0 Å². The Morgan fingerprint density at radius 2 is 2.27 bits per heavy atom. The largest absolute Gasteiger partial charge is 0.508 e. The van der Waals surface area contributed by atoms with Crippen LogP contribution in [0.1, 0.15) is 10.4 Å². The van der Waals surface area contributed by atoms with Crippen LogP contribution in [0.15, 0.2) is 24.3 Å². The van der Waals surface area contributed by atoms with Crippen molar-refractivity contribution in [3.05, 3.63) is 29.8 Å². The first-order valence-corrected chi connectivity index (χ1v) is 2.97. The summed E-state index contributed by atoms with van der Waals surface area (Å²) in [5.41, 5.74) is 0.215. The van der Waals surface area contributed by atoms with Crippen molar-refractivity contribution < 1.29 is 9.90 Å². The zero-order chi connectivity index (χ0) is 8.27. The fraction of sp³-hybridized carbons (Fsp3) is 0. The summed E-state index contributed by atoms with van der Waals surface area (Å²) >= 11 is 0. The number of nitrogens with zero attached hydrogens (tertiary/aromatic N) is 1. The van der Waals surface area contributed by atoms with Gasteiger partial charge in [-0.3, -0.25) is 4.79 Å². The van der Waals surface area contributed by atoms with Gasteiger partial charge in [0.05, 0.1) is 0 Å². The monoisotopic (exact) mass is 147 g/mol. The number of hydrogen-bond acceptors (Lipinski definition) is 3. The predicted octanol–water partition coefficient (Wildman–Crippen LogP) is 1.10. The van der Waals surface area contributed by atoms with Gasteiger partial charge in [0.1, 0.15) is 11.8 Å². The summed E-state index contributed by atoms with van der Waals surface area (Å²) in [4.78, 5) is 10.7. The summed E-state index contributed by atoms with van der Waals surface area (Å²) in [6.07, 6.45) is 0. The number of aromatic hydroxyl groups is 1. The summed E-state index contributed by atoms with van der Waals surface area (Å²) in [7, 11) is 0. The van der Waals surface area contributed by atoms with Crippen LogP contribution in [-0.4, -0.2) is 10.9 Å². The summed E-state index contributed by atoms with van der Waals surface area (Å²) < 4.78 is 0. The molecule has 0 heterocycles. The third kappa shape index (κ3) is 1.55. The lowest BCUT2D eigenvalue weighted by molar-refractivity contribution is 0.105. The fourth-order valence-corrected chi connectivity index (χ4v) is 0.712. The van der Waals surface area contributed by atoms with Gasteiger partial charge in [0.2, 0.25) is 0 Å². The molecular weight excluding hydrogens is 142 g/mol. The predicted molar refractivity (Wildman–Crippen MR) is 38.1 cm³/mol. The van der Waals surface area contributed by atoms with Gasteiger partial charge in [0.15, 0.2) is 0 Å². The van der Waals surface area contributed by atoms with E-state index in [4.69, 9.17) is 10.4 Å². The van der Waals surface area contributed by atoms with Crippen molar-refractivity contribution in [3.8, 4) is 11.8 Å². The minimum Gasteiger partial charge on any atom is -0.508 e. The smallest absolute Gasteiger partial charge is 0.262 e. The van der Waals surface area contributed by atoms with Crippen molar-refractivity contribution in [2.24, 2.45) is 0 Å². The number of nitriles is 1. The van der Waals surface area contributed by atoms with Crippen LogP contribution in [0.5, 0.6) is 5.75 Å². The molecule has 54 valence electrons. The average molecular weight is 147 g/mol. The zero-order valence-electron chi connectivity index (χ0n) is 5.61. The Labute approximate surface area is 63.5 Å². The summed E-state index contributed by atoms with van der Waals surface area (Å²) in [5.74, 6) is -0.646. The number of carbonyl (C=O) groups is 1. The molecule has 0 saturated carbocycles. The maximum absolute atomic E-state index is 10.7. The zero-order valence-corrected chi connectivity index (χ0v) is 5.61. The van der Waals surface area contributed by atoms with Crippen molar-refractivity contribution in [1.29, 1.82) is 5.26 Å². The van der Waals surface area contributed by atoms with Crippen LogP contribution in [0.2, 0.25) is 0 Å². The van der Waals surface area contributed by atoms with E-state index in [2.05, 4.69) is 0 Å². The van der Waals surface area contributed by atoms with Gasteiger partial charge in [0, 0.05) is 5.56 Å². The molecule has 1 aromatic carbocycles. The molecule has 0 atom stereocenters. The van der Waals surface area contributed by atoms with Crippen LogP contribution in [0.3, 0.4) is 0 Å². The van der Waals surface area contributed by atoms with E-state index in [1.165, 1.54) is 30.3 Å². The van der Waals surface area contributed by atoms with E-state index in [1.54, 1.807) is 0 Å². The molecule has 1 rings (SSSR count). The minimum atomic E-state index is -0.638. The maximum atomic E-state index is 10.7. The Bertz CT molecular complexity index is 325. The highest BCUT2D eigenvalue weighted by atomic mass is 16.3. The molecule has 0 aliphatic carbocycles. The Hall–Kier alpha value is -1.82. The van der Waals surface area contributed by atoms with Gasteiger partial charge in [0.25, 0.3) is 5.78 Å². The number of phenols is 1. The molecular formula is C8H5NO2. The number of benzene rings is 1. The molecule has 1 aromatic rings. The molecule has 3 nitrogen and oxygen atoms in total. The molecule has 3 heteroatoms. The van der Waals surface area contributed by atoms with E-state index in [0.717, 1.165) is 0 Å². The average Bonchev–Trinajstić information content (AvgIpc) is 2.03. The minimum absolute atomic E-state index is 0.00824. The van der Waals surface area contributed by atoms with Crippen LogP contribution in [0.4, 0.5) is 0 Å². The molecule has 0 unspecified atom stereocenters. The van der Waals surface area contributed by atoms with Crippen LogP contribution in [0, 0.1) is 11.3 Å². The van der Waals surface area contributed by atoms with E-state index in [0.29, 0.717) is 0 Å². The van der Waals surface area contributed by atoms with Crippen LogP contribution in [0.25, 0.3) is 0 Å². The lowest BCUT2D eigenvalue weighted by atomic mass is 10.1. The van der Waals surface area contributed by atoms with Gasteiger partial charge >= 0.3 is 0 Å². The molecule has 0 saturated heterocycles. The highest BCUT2D eigenvalue weighted by molar-refractivity contribution is 6.07. The molecule has 0 bridgehead atoms. The maximum Gasteiger partial charge on any atom is 0.262 e.